The van der Waals surface area contributed by atoms with Crippen LogP contribution in [0.4, 0.5) is 0 Å². The number of carbonyl (C=O) groups excluding carboxylic acids is 1. The second-order valence-corrected chi connectivity index (χ2v) is 2.74. The molecule has 1 aromatic heterocycles. The van der Waals surface area contributed by atoms with Crippen LogP contribution in [0.5, 0.6) is 0 Å². The molecule has 11 heavy (non-hydrogen) atoms. The molecule has 1 rings (SSSR count). The molecule has 2 nitrogen and oxygen atoms in total. The lowest BCUT2D eigenvalue weighted by Crippen LogP contribution is -1.94. The maximum absolute atomic E-state index is 11.2. The van der Waals surface area contributed by atoms with E-state index < -0.39 is 0 Å². The van der Waals surface area contributed by atoms with Crippen LogP contribution >= 0.6 is 15.9 Å². The average Bonchev–Trinajstić information content (AvgIpc) is 2.36. The Balaban J connectivity index is 2.83. The van der Waals surface area contributed by atoms with Crippen molar-refractivity contribution in [2.45, 2.75) is 6.42 Å². The normalized spacial score (nSPS) is 9.55. The van der Waals surface area contributed by atoms with Gasteiger partial charge < -0.3 is 4.42 Å². The van der Waals surface area contributed by atoms with Crippen LogP contribution in [0.1, 0.15) is 16.8 Å². The Labute approximate surface area is 73.0 Å². The van der Waals surface area contributed by atoms with Gasteiger partial charge in [-0.3, -0.25) is 4.79 Å². The standard InChI is InChI=1S/C8H7BrO2/c1-2-3-7(10)6-4-5-11-8(6)9/h2,4-5H,1,3H2. The molecule has 1 heterocycles. The second-order valence-electron chi connectivity index (χ2n) is 2.02. The molecule has 0 aliphatic heterocycles. The fourth-order valence-electron chi connectivity index (χ4n) is 0.734. The molecule has 0 bridgehead atoms. The number of carbonyl (C=O) groups is 1. The first-order valence-corrected chi connectivity index (χ1v) is 3.92. The summed E-state index contributed by atoms with van der Waals surface area (Å²) in [4.78, 5) is 11.2. The summed E-state index contributed by atoms with van der Waals surface area (Å²) in [6, 6.07) is 1.63. The summed E-state index contributed by atoms with van der Waals surface area (Å²) in [5, 5.41) is 0. The highest BCUT2D eigenvalue weighted by molar-refractivity contribution is 9.10. The van der Waals surface area contributed by atoms with Gasteiger partial charge in [-0.1, -0.05) is 6.08 Å². The fraction of sp³-hybridized carbons (Fsp3) is 0.125. The van der Waals surface area contributed by atoms with Gasteiger partial charge in [-0.2, -0.15) is 0 Å². The van der Waals surface area contributed by atoms with Gasteiger partial charge in [0.05, 0.1) is 11.8 Å². The lowest BCUT2D eigenvalue weighted by atomic mass is 10.2. The van der Waals surface area contributed by atoms with E-state index in [0.717, 1.165) is 0 Å². The highest BCUT2D eigenvalue weighted by Gasteiger charge is 2.09. The minimum absolute atomic E-state index is 0.0145. The van der Waals surface area contributed by atoms with Crippen LogP contribution in [0, 0.1) is 0 Å². The molecule has 0 aliphatic rings. The van der Waals surface area contributed by atoms with Gasteiger partial charge in [-0.05, 0) is 22.0 Å². The van der Waals surface area contributed by atoms with Gasteiger partial charge in [0.2, 0.25) is 0 Å². The summed E-state index contributed by atoms with van der Waals surface area (Å²) in [5.74, 6) is 0.0145. The van der Waals surface area contributed by atoms with Crippen LogP contribution in [0.2, 0.25) is 0 Å². The van der Waals surface area contributed by atoms with Crippen LogP contribution in [0.15, 0.2) is 34.1 Å². The topological polar surface area (TPSA) is 30.2 Å². The number of allylic oxidation sites excluding steroid dienone is 1. The zero-order valence-electron chi connectivity index (χ0n) is 5.84. The van der Waals surface area contributed by atoms with Crippen LogP contribution in [0.3, 0.4) is 0 Å². The molecular weight excluding hydrogens is 208 g/mol. The Bertz CT molecular complexity index is 275. The molecule has 3 heteroatoms. The lowest BCUT2D eigenvalue weighted by Gasteiger charge is -1.90. The fourth-order valence-corrected chi connectivity index (χ4v) is 1.20. The third-order valence-corrected chi connectivity index (χ3v) is 1.86. The van der Waals surface area contributed by atoms with Crippen LogP contribution < -0.4 is 0 Å². The van der Waals surface area contributed by atoms with Gasteiger partial charge >= 0.3 is 0 Å². The summed E-state index contributed by atoms with van der Waals surface area (Å²) in [6.07, 6.45) is 3.39. The van der Waals surface area contributed by atoms with E-state index in [1.807, 2.05) is 0 Å². The maximum Gasteiger partial charge on any atom is 0.179 e. The summed E-state index contributed by atoms with van der Waals surface area (Å²) in [5.41, 5.74) is 0.574. The Morgan fingerprint density at radius 3 is 3.00 bits per heavy atom. The average molecular weight is 215 g/mol. The van der Waals surface area contributed by atoms with Crippen molar-refractivity contribution in [2.75, 3.05) is 0 Å². The predicted octanol–water partition coefficient (Wildman–Crippen LogP) is 2.80. The van der Waals surface area contributed by atoms with Gasteiger partial charge in [0.1, 0.15) is 0 Å². The van der Waals surface area contributed by atoms with E-state index in [-0.39, 0.29) is 5.78 Å². The van der Waals surface area contributed by atoms with Crippen LogP contribution in [0.25, 0.3) is 0 Å². The third-order valence-electron chi connectivity index (χ3n) is 1.25. The van der Waals surface area contributed by atoms with Crippen molar-refractivity contribution in [1.82, 2.24) is 0 Å². The first kappa shape index (κ1) is 8.27. The molecule has 0 N–H and O–H groups in total. The van der Waals surface area contributed by atoms with E-state index in [2.05, 4.69) is 22.5 Å². The van der Waals surface area contributed by atoms with E-state index in [4.69, 9.17) is 4.42 Å². The van der Waals surface area contributed by atoms with Crippen LogP contribution in [-0.4, -0.2) is 5.78 Å². The van der Waals surface area contributed by atoms with Gasteiger partial charge in [0, 0.05) is 6.42 Å². The van der Waals surface area contributed by atoms with Crippen molar-refractivity contribution < 1.29 is 9.21 Å². The van der Waals surface area contributed by atoms with Crippen molar-refractivity contribution in [3.8, 4) is 0 Å². The number of ketones is 1. The summed E-state index contributed by atoms with van der Waals surface area (Å²) in [7, 11) is 0. The van der Waals surface area contributed by atoms with Crippen molar-refractivity contribution >= 4 is 21.7 Å². The molecule has 0 aliphatic carbocycles. The molecule has 1 aromatic rings. The van der Waals surface area contributed by atoms with Gasteiger partial charge in [0.25, 0.3) is 0 Å². The molecule has 0 saturated heterocycles. The third kappa shape index (κ3) is 1.80. The Morgan fingerprint density at radius 1 is 1.82 bits per heavy atom. The number of Topliss-reactive ketones (excluding diaryl/α,β-unsaturated/α-hetero) is 1. The Hall–Kier alpha value is -0.830. The van der Waals surface area contributed by atoms with Gasteiger partial charge in [-0.25, -0.2) is 0 Å². The second kappa shape index (κ2) is 3.53. The maximum atomic E-state index is 11.2. The van der Waals surface area contributed by atoms with Crippen LogP contribution in [-0.2, 0) is 0 Å². The summed E-state index contributed by atoms with van der Waals surface area (Å²) < 4.78 is 5.38. The number of hydrogen-bond acceptors (Lipinski definition) is 2. The molecule has 58 valence electrons. The molecule has 0 unspecified atom stereocenters. The Kier molecular flexibility index (Phi) is 2.65. The van der Waals surface area contributed by atoms with Crippen molar-refractivity contribution in [1.29, 1.82) is 0 Å². The number of rotatable bonds is 3. The van der Waals surface area contributed by atoms with Crippen molar-refractivity contribution in [3.63, 3.8) is 0 Å². The molecule has 0 fully saturated rings. The van der Waals surface area contributed by atoms with E-state index >= 15 is 0 Å². The highest BCUT2D eigenvalue weighted by Crippen LogP contribution is 2.18. The SMILES string of the molecule is C=CCC(=O)c1ccoc1Br. The quantitative estimate of drug-likeness (QED) is 0.573. The summed E-state index contributed by atoms with van der Waals surface area (Å²) >= 11 is 3.12. The molecule has 0 aromatic carbocycles. The molecule has 0 spiro atoms. The smallest absolute Gasteiger partial charge is 0.179 e. The summed E-state index contributed by atoms with van der Waals surface area (Å²) in [6.45, 7) is 3.47. The minimum atomic E-state index is 0.0145. The number of furan rings is 1. The van der Waals surface area contributed by atoms with E-state index in [9.17, 15) is 4.79 Å². The first-order valence-electron chi connectivity index (χ1n) is 3.12. The van der Waals surface area contributed by atoms with E-state index in [1.54, 1.807) is 12.1 Å². The van der Waals surface area contributed by atoms with E-state index in [1.165, 1.54) is 6.26 Å². The highest BCUT2D eigenvalue weighted by atomic mass is 79.9. The van der Waals surface area contributed by atoms with Gasteiger partial charge in [-0.15, -0.1) is 6.58 Å². The van der Waals surface area contributed by atoms with Gasteiger partial charge in [0.15, 0.2) is 10.5 Å². The largest absolute Gasteiger partial charge is 0.457 e. The molecule has 0 amide bonds. The van der Waals surface area contributed by atoms with Crippen molar-refractivity contribution in [3.05, 3.63) is 35.2 Å². The molecule has 0 radical (unpaired) electrons. The predicted molar refractivity (Wildman–Crippen MR) is 45.6 cm³/mol. The Morgan fingerprint density at radius 2 is 2.55 bits per heavy atom. The zero-order valence-corrected chi connectivity index (χ0v) is 7.43. The molecule has 0 saturated carbocycles. The lowest BCUT2D eigenvalue weighted by molar-refractivity contribution is 0.0994. The molecular formula is C8H7BrO2. The number of hydrogen-bond donors (Lipinski definition) is 0. The first-order chi connectivity index (χ1) is 5.25. The molecule has 0 atom stereocenters. The minimum Gasteiger partial charge on any atom is -0.457 e. The van der Waals surface area contributed by atoms with E-state index in [0.29, 0.717) is 16.7 Å². The monoisotopic (exact) mass is 214 g/mol. The van der Waals surface area contributed by atoms with Crippen molar-refractivity contribution in [2.24, 2.45) is 0 Å². The number of halogens is 1. The zero-order chi connectivity index (χ0) is 8.27.